The van der Waals surface area contributed by atoms with Gasteiger partial charge < -0.3 is 9.64 Å². The van der Waals surface area contributed by atoms with E-state index in [1.807, 2.05) is 30.3 Å². The first kappa shape index (κ1) is 13.3. The third kappa shape index (κ3) is 3.22. The van der Waals surface area contributed by atoms with Crippen molar-refractivity contribution in [1.29, 1.82) is 0 Å². The van der Waals surface area contributed by atoms with Gasteiger partial charge in [-0.15, -0.1) is 0 Å². The van der Waals surface area contributed by atoms with Gasteiger partial charge in [-0.1, -0.05) is 43.0 Å². The van der Waals surface area contributed by atoms with Crippen LogP contribution in [0.25, 0.3) is 0 Å². The minimum atomic E-state index is -0.388. The summed E-state index contributed by atoms with van der Waals surface area (Å²) in [5.41, 5.74) is 0.964. The summed E-state index contributed by atoms with van der Waals surface area (Å²) in [6.07, 6.45) is 1.89. The molecule has 1 aromatic carbocycles. The van der Waals surface area contributed by atoms with Gasteiger partial charge in [0.05, 0.1) is 6.04 Å². The molecule has 0 spiro atoms. The van der Waals surface area contributed by atoms with Crippen molar-refractivity contribution in [2.24, 2.45) is 0 Å². The molecular weight excluding hydrogens is 242 g/mol. The minimum Gasteiger partial charge on any atom is -0.445 e. The molecule has 0 saturated carbocycles. The van der Waals surface area contributed by atoms with Gasteiger partial charge >= 0.3 is 6.09 Å². The lowest BCUT2D eigenvalue weighted by Crippen LogP contribution is -2.41. The molecule has 4 nitrogen and oxygen atoms in total. The summed E-state index contributed by atoms with van der Waals surface area (Å²) >= 11 is 0. The highest BCUT2D eigenvalue weighted by Crippen LogP contribution is 2.29. The van der Waals surface area contributed by atoms with Crippen LogP contribution in [0.1, 0.15) is 24.4 Å². The Bertz CT molecular complexity index is 470. The Balaban J connectivity index is 2.17. The highest BCUT2D eigenvalue weighted by atomic mass is 16.6. The second-order valence-electron chi connectivity index (χ2n) is 4.48. The Morgan fingerprint density at radius 2 is 2.16 bits per heavy atom. The second kappa shape index (κ2) is 6.18. The predicted molar refractivity (Wildman–Crippen MR) is 71.7 cm³/mol. The summed E-state index contributed by atoms with van der Waals surface area (Å²) in [7, 11) is 0. The van der Waals surface area contributed by atoms with Crippen LogP contribution in [0.3, 0.4) is 0 Å². The van der Waals surface area contributed by atoms with E-state index in [1.54, 1.807) is 4.90 Å². The summed E-state index contributed by atoms with van der Waals surface area (Å²) < 4.78 is 5.08. The van der Waals surface area contributed by atoms with Crippen molar-refractivity contribution in [2.45, 2.75) is 18.9 Å². The van der Waals surface area contributed by atoms with Gasteiger partial charge in [-0.2, -0.15) is 0 Å². The van der Waals surface area contributed by atoms with Crippen LogP contribution in [0, 0.1) is 0 Å². The first-order chi connectivity index (χ1) is 9.22. The van der Waals surface area contributed by atoms with E-state index in [1.165, 1.54) is 6.08 Å². The molecule has 100 valence electrons. The van der Waals surface area contributed by atoms with Crippen molar-refractivity contribution in [1.82, 2.24) is 4.90 Å². The number of Topliss-reactive ketones (excluding diaryl/α,β-unsaturated/α-hetero) is 1. The molecule has 1 atom stereocenters. The molecule has 0 radical (unpaired) electrons. The molecule has 1 aliphatic heterocycles. The monoisotopic (exact) mass is 259 g/mol. The van der Waals surface area contributed by atoms with E-state index in [0.29, 0.717) is 19.4 Å². The molecule has 19 heavy (non-hydrogen) atoms. The number of hydrogen-bond donors (Lipinski definition) is 0. The molecule has 0 bridgehead atoms. The van der Waals surface area contributed by atoms with E-state index >= 15 is 0 Å². The van der Waals surface area contributed by atoms with Crippen molar-refractivity contribution >= 4 is 11.9 Å². The molecule has 0 unspecified atom stereocenters. The quantitative estimate of drug-likeness (QED) is 0.784. The molecule has 2 rings (SSSR count). The number of hydrogen-bond acceptors (Lipinski definition) is 3. The van der Waals surface area contributed by atoms with Crippen molar-refractivity contribution in [3.05, 3.63) is 48.6 Å². The fourth-order valence-electron chi connectivity index (χ4n) is 2.23. The lowest BCUT2D eigenvalue weighted by atomic mass is 9.95. The molecule has 0 aromatic heterocycles. The number of ketones is 1. The molecule has 1 aromatic rings. The van der Waals surface area contributed by atoms with Gasteiger partial charge in [0.25, 0.3) is 0 Å². The van der Waals surface area contributed by atoms with Gasteiger partial charge in [0.15, 0.2) is 0 Å². The Hall–Kier alpha value is -2.10. The molecule has 1 heterocycles. The largest absolute Gasteiger partial charge is 0.445 e. The Labute approximate surface area is 112 Å². The van der Waals surface area contributed by atoms with E-state index in [4.69, 9.17) is 4.74 Å². The topological polar surface area (TPSA) is 46.6 Å². The number of benzene rings is 1. The van der Waals surface area contributed by atoms with E-state index in [0.717, 1.165) is 5.56 Å². The molecule has 0 N–H and O–H groups in total. The van der Waals surface area contributed by atoms with Gasteiger partial charge in [-0.25, -0.2) is 4.79 Å². The number of carbonyl (C=O) groups is 2. The summed E-state index contributed by atoms with van der Waals surface area (Å²) in [5.74, 6) is 0.182. The van der Waals surface area contributed by atoms with E-state index < -0.39 is 0 Å². The molecule has 4 heteroatoms. The minimum absolute atomic E-state index is 0.182. The molecular formula is C15H17NO3. The summed E-state index contributed by atoms with van der Waals surface area (Å²) in [6, 6.07) is 9.35. The van der Waals surface area contributed by atoms with Crippen molar-refractivity contribution < 1.29 is 14.3 Å². The maximum absolute atomic E-state index is 12.0. The Morgan fingerprint density at radius 3 is 2.84 bits per heavy atom. The van der Waals surface area contributed by atoms with Gasteiger partial charge in [0.2, 0.25) is 0 Å². The molecule has 0 aliphatic carbocycles. The summed E-state index contributed by atoms with van der Waals surface area (Å²) in [5, 5.41) is 0. The number of carbonyl (C=O) groups excluding carboxylic acids is 2. The Kier molecular flexibility index (Phi) is 4.34. The van der Waals surface area contributed by atoms with E-state index in [9.17, 15) is 9.59 Å². The van der Waals surface area contributed by atoms with Gasteiger partial charge in [-0.3, -0.25) is 4.79 Å². The smallest absolute Gasteiger partial charge is 0.410 e. The normalized spacial score (nSPS) is 19.1. The lowest BCUT2D eigenvalue weighted by molar-refractivity contribution is -0.122. The summed E-state index contributed by atoms with van der Waals surface area (Å²) in [4.78, 5) is 25.3. The fraction of sp³-hybridized carbons (Fsp3) is 0.333. The maximum atomic E-state index is 12.0. The number of ether oxygens (including phenoxy) is 1. The molecule has 1 amide bonds. The van der Waals surface area contributed by atoms with Crippen molar-refractivity contribution in [3.63, 3.8) is 0 Å². The predicted octanol–water partition coefficient (Wildman–Crippen LogP) is 2.72. The first-order valence-corrected chi connectivity index (χ1v) is 6.33. The molecule has 1 fully saturated rings. The van der Waals surface area contributed by atoms with Crippen LogP contribution in [0.5, 0.6) is 0 Å². The zero-order valence-corrected chi connectivity index (χ0v) is 10.7. The van der Waals surface area contributed by atoms with E-state index in [-0.39, 0.29) is 24.5 Å². The van der Waals surface area contributed by atoms with Crippen LogP contribution in [0.2, 0.25) is 0 Å². The molecule has 1 aliphatic rings. The van der Waals surface area contributed by atoms with Crippen LogP contribution in [-0.4, -0.2) is 29.9 Å². The highest BCUT2D eigenvalue weighted by Gasteiger charge is 2.32. The van der Waals surface area contributed by atoms with Gasteiger partial charge in [0.1, 0.15) is 12.4 Å². The summed E-state index contributed by atoms with van der Waals surface area (Å²) in [6.45, 7) is 4.11. The second-order valence-corrected chi connectivity index (χ2v) is 4.48. The van der Waals surface area contributed by atoms with Crippen molar-refractivity contribution in [3.8, 4) is 0 Å². The third-order valence-corrected chi connectivity index (χ3v) is 3.17. The average molecular weight is 259 g/mol. The number of piperidine rings is 1. The molecule has 1 saturated heterocycles. The maximum Gasteiger partial charge on any atom is 0.410 e. The van der Waals surface area contributed by atoms with Gasteiger partial charge in [0, 0.05) is 19.4 Å². The van der Waals surface area contributed by atoms with Crippen molar-refractivity contribution in [2.75, 3.05) is 13.2 Å². The SMILES string of the molecule is C=CCOC(=O)N1CCC(=O)C[C@@H]1c1ccccc1. The fourth-order valence-corrected chi connectivity index (χ4v) is 2.23. The number of rotatable bonds is 3. The highest BCUT2D eigenvalue weighted by molar-refractivity contribution is 5.82. The van der Waals surface area contributed by atoms with E-state index in [2.05, 4.69) is 6.58 Å². The lowest BCUT2D eigenvalue weighted by Gasteiger charge is -2.34. The van der Waals surface area contributed by atoms with Crippen LogP contribution in [-0.2, 0) is 9.53 Å². The van der Waals surface area contributed by atoms with Crippen LogP contribution < -0.4 is 0 Å². The zero-order valence-electron chi connectivity index (χ0n) is 10.7. The number of amides is 1. The van der Waals surface area contributed by atoms with Crippen LogP contribution >= 0.6 is 0 Å². The zero-order chi connectivity index (χ0) is 13.7. The third-order valence-electron chi connectivity index (χ3n) is 3.17. The Morgan fingerprint density at radius 1 is 1.42 bits per heavy atom. The van der Waals surface area contributed by atoms with Crippen LogP contribution in [0.15, 0.2) is 43.0 Å². The first-order valence-electron chi connectivity index (χ1n) is 6.33. The average Bonchev–Trinajstić information content (AvgIpc) is 2.45. The standard InChI is InChI=1S/C15H17NO3/c1-2-10-19-15(18)16-9-8-13(17)11-14(16)12-6-4-3-5-7-12/h2-7,14H,1,8-11H2/t14-/m1/s1. The number of likely N-dealkylation sites (tertiary alicyclic amines) is 1. The van der Waals surface area contributed by atoms with Gasteiger partial charge in [-0.05, 0) is 5.56 Å². The number of nitrogens with zero attached hydrogens (tertiary/aromatic N) is 1. The van der Waals surface area contributed by atoms with Crippen LogP contribution in [0.4, 0.5) is 4.79 Å².